The standard InChI is InChI=1S/C19H19NO3/c1-13(2)19(21)23-17-10-8-16(9-11-17)12-20(22)18-14(3)6-5-7-15(18)4/h5-12H,1H2,2-4H3/b20-12-. The summed E-state index contributed by atoms with van der Waals surface area (Å²) in [6.45, 7) is 8.93. The minimum absolute atomic E-state index is 0.335. The van der Waals surface area contributed by atoms with Crippen molar-refractivity contribution in [2.24, 2.45) is 0 Å². The Bertz CT molecular complexity index is 753. The molecule has 4 heteroatoms. The van der Waals surface area contributed by atoms with Crippen molar-refractivity contribution in [3.05, 3.63) is 76.5 Å². The Morgan fingerprint density at radius 2 is 1.70 bits per heavy atom. The first kappa shape index (κ1) is 16.5. The first-order valence-electron chi connectivity index (χ1n) is 7.23. The van der Waals surface area contributed by atoms with Crippen LogP contribution in [0, 0.1) is 19.1 Å². The number of carbonyl (C=O) groups excluding carboxylic acids is 1. The molecule has 0 saturated carbocycles. The van der Waals surface area contributed by atoms with Gasteiger partial charge in [-0.1, -0.05) is 24.8 Å². The molecule has 2 rings (SSSR count). The van der Waals surface area contributed by atoms with Crippen LogP contribution in [0.3, 0.4) is 0 Å². The zero-order valence-corrected chi connectivity index (χ0v) is 13.5. The molecule has 0 heterocycles. The molecule has 2 aromatic rings. The van der Waals surface area contributed by atoms with Gasteiger partial charge in [-0.15, -0.1) is 0 Å². The molecule has 118 valence electrons. The summed E-state index contributed by atoms with van der Waals surface area (Å²) in [5.41, 5.74) is 3.54. The number of esters is 1. The summed E-state index contributed by atoms with van der Waals surface area (Å²) in [6.07, 6.45) is 1.50. The Hall–Kier alpha value is -2.88. The van der Waals surface area contributed by atoms with E-state index >= 15 is 0 Å². The highest BCUT2D eigenvalue weighted by atomic mass is 16.5. The second-order valence-corrected chi connectivity index (χ2v) is 5.43. The van der Waals surface area contributed by atoms with Crippen molar-refractivity contribution in [3.8, 4) is 5.75 Å². The third-order valence-electron chi connectivity index (χ3n) is 3.37. The zero-order valence-electron chi connectivity index (χ0n) is 13.5. The molecule has 4 nitrogen and oxygen atoms in total. The molecule has 0 saturated heterocycles. The maximum absolute atomic E-state index is 12.4. The molecule has 0 aliphatic rings. The van der Waals surface area contributed by atoms with Crippen molar-refractivity contribution in [1.29, 1.82) is 0 Å². The number of ether oxygens (including phenoxy) is 1. The predicted molar refractivity (Wildman–Crippen MR) is 91.3 cm³/mol. The van der Waals surface area contributed by atoms with Crippen molar-refractivity contribution >= 4 is 17.9 Å². The van der Waals surface area contributed by atoms with E-state index in [4.69, 9.17) is 4.74 Å². The molecule has 0 aliphatic carbocycles. The number of aryl methyl sites for hydroxylation is 2. The summed E-state index contributed by atoms with van der Waals surface area (Å²) in [5, 5.41) is 12.4. The Morgan fingerprint density at radius 1 is 1.13 bits per heavy atom. The highest BCUT2D eigenvalue weighted by Gasteiger charge is 2.10. The molecule has 23 heavy (non-hydrogen) atoms. The van der Waals surface area contributed by atoms with Crippen molar-refractivity contribution in [1.82, 2.24) is 0 Å². The third-order valence-corrected chi connectivity index (χ3v) is 3.37. The Morgan fingerprint density at radius 3 is 2.22 bits per heavy atom. The highest BCUT2D eigenvalue weighted by Crippen LogP contribution is 2.22. The predicted octanol–water partition coefficient (Wildman–Crippen LogP) is 4.05. The summed E-state index contributed by atoms with van der Waals surface area (Å²) in [5.74, 6) is -0.0533. The van der Waals surface area contributed by atoms with E-state index in [1.165, 1.54) is 6.21 Å². The molecule has 0 unspecified atom stereocenters. The lowest BCUT2D eigenvalue weighted by Crippen LogP contribution is -2.08. The Labute approximate surface area is 135 Å². The van der Waals surface area contributed by atoms with Gasteiger partial charge in [-0.25, -0.2) is 4.79 Å². The SMILES string of the molecule is C=C(C)C(=O)Oc1ccc(/C=[N+](\[O-])c2c(C)cccc2C)cc1. The van der Waals surface area contributed by atoms with Crippen LogP contribution < -0.4 is 4.74 Å². The molecule has 0 amide bonds. The van der Waals surface area contributed by atoms with E-state index in [1.54, 1.807) is 31.2 Å². The van der Waals surface area contributed by atoms with Gasteiger partial charge in [0.25, 0.3) is 0 Å². The number of benzene rings is 2. The van der Waals surface area contributed by atoms with Crippen LogP contribution in [0.25, 0.3) is 0 Å². The zero-order chi connectivity index (χ0) is 17.0. The minimum Gasteiger partial charge on any atom is -0.618 e. The minimum atomic E-state index is -0.470. The second kappa shape index (κ2) is 6.92. The van der Waals surface area contributed by atoms with Gasteiger partial charge in [-0.05, 0) is 45.0 Å². The molecule has 0 aliphatic heterocycles. The van der Waals surface area contributed by atoms with Gasteiger partial charge < -0.3 is 9.94 Å². The largest absolute Gasteiger partial charge is 0.618 e. The fourth-order valence-corrected chi connectivity index (χ4v) is 2.17. The monoisotopic (exact) mass is 309 g/mol. The third kappa shape index (κ3) is 4.07. The summed E-state index contributed by atoms with van der Waals surface area (Å²) in [6, 6.07) is 12.5. The fourth-order valence-electron chi connectivity index (χ4n) is 2.17. The molecule has 0 fully saturated rings. The molecule has 2 aromatic carbocycles. The van der Waals surface area contributed by atoms with Gasteiger partial charge in [0.05, 0.1) is 0 Å². The van der Waals surface area contributed by atoms with E-state index < -0.39 is 5.97 Å². The summed E-state index contributed by atoms with van der Waals surface area (Å²) >= 11 is 0. The van der Waals surface area contributed by atoms with Gasteiger partial charge in [0.1, 0.15) is 5.75 Å². The fraction of sp³-hybridized carbons (Fsp3) is 0.158. The number of carbonyl (C=O) groups is 1. The van der Waals surface area contributed by atoms with Gasteiger partial charge in [-0.2, -0.15) is 4.74 Å². The van der Waals surface area contributed by atoms with Gasteiger partial charge in [0, 0.05) is 22.3 Å². The second-order valence-electron chi connectivity index (χ2n) is 5.43. The number of para-hydroxylation sites is 1. The quantitative estimate of drug-likeness (QED) is 0.163. The van der Waals surface area contributed by atoms with E-state index in [2.05, 4.69) is 6.58 Å². The van der Waals surface area contributed by atoms with Gasteiger partial charge in [0.2, 0.25) is 5.69 Å². The average molecular weight is 309 g/mol. The first-order valence-corrected chi connectivity index (χ1v) is 7.23. The van der Waals surface area contributed by atoms with Crippen LogP contribution in [0.2, 0.25) is 0 Å². The van der Waals surface area contributed by atoms with E-state index in [9.17, 15) is 10.0 Å². The molecule has 0 spiro atoms. The summed E-state index contributed by atoms with van der Waals surface area (Å²) in [4.78, 5) is 11.4. The molecular formula is C19H19NO3. The lowest BCUT2D eigenvalue weighted by molar-refractivity contribution is -0.355. The molecule has 0 aromatic heterocycles. The van der Waals surface area contributed by atoms with Crippen molar-refractivity contribution < 1.29 is 14.3 Å². The topological polar surface area (TPSA) is 52.4 Å². The van der Waals surface area contributed by atoms with E-state index in [0.717, 1.165) is 21.4 Å². The van der Waals surface area contributed by atoms with E-state index in [1.807, 2.05) is 32.0 Å². The van der Waals surface area contributed by atoms with E-state index in [0.29, 0.717) is 17.0 Å². The first-order chi connectivity index (χ1) is 10.9. The van der Waals surface area contributed by atoms with Crippen LogP contribution in [0.15, 0.2) is 54.6 Å². The van der Waals surface area contributed by atoms with Crippen LogP contribution in [-0.2, 0) is 4.79 Å². The molecule has 0 radical (unpaired) electrons. The maximum atomic E-state index is 12.4. The van der Waals surface area contributed by atoms with Crippen molar-refractivity contribution in [3.63, 3.8) is 0 Å². The lowest BCUT2D eigenvalue weighted by atomic mass is 10.1. The van der Waals surface area contributed by atoms with Gasteiger partial charge in [0.15, 0.2) is 6.21 Å². The molecule has 0 N–H and O–H groups in total. The van der Waals surface area contributed by atoms with Crippen LogP contribution in [0.5, 0.6) is 5.75 Å². The molecular weight excluding hydrogens is 290 g/mol. The summed E-state index contributed by atoms with van der Waals surface area (Å²) in [7, 11) is 0. The highest BCUT2D eigenvalue weighted by molar-refractivity contribution is 5.88. The molecule has 0 bridgehead atoms. The average Bonchev–Trinajstić information content (AvgIpc) is 2.49. The van der Waals surface area contributed by atoms with Crippen LogP contribution in [-0.4, -0.2) is 16.9 Å². The molecule has 0 atom stereocenters. The smallest absolute Gasteiger partial charge is 0.338 e. The Kier molecular flexibility index (Phi) is 4.96. The van der Waals surface area contributed by atoms with E-state index in [-0.39, 0.29) is 0 Å². The number of rotatable bonds is 4. The van der Waals surface area contributed by atoms with Crippen molar-refractivity contribution in [2.45, 2.75) is 20.8 Å². The number of hydrogen-bond acceptors (Lipinski definition) is 3. The Balaban J connectivity index is 2.23. The van der Waals surface area contributed by atoms with Gasteiger partial charge in [-0.3, -0.25) is 0 Å². The van der Waals surface area contributed by atoms with Crippen LogP contribution in [0.1, 0.15) is 23.6 Å². The maximum Gasteiger partial charge on any atom is 0.338 e. The lowest BCUT2D eigenvalue weighted by Gasteiger charge is -2.09. The van der Waals surface area contributed by atoms with Crippen LogP contribution >= 0.6 is 0 Å². The van der Waals surface area contributed by atoms with Crippen LogP contribution in [0.4, 0.5) is 5.69 Å². The number of hydrogen-bond donors (Lipinski definition) is 0. The summed E-state index contributed by atoms with van der Waals surface area (Å²) < 4.78 is 5.98. The van der Waals surface area contributed by atoms with Crippen molar-refractivity contribution in [2.75, 3.05) is 0 Å². The van der Waals surface area contributed by atoms with Gasteiger partial charge >= 0.3 is 5.97 Å². The normalized spacial score (nSPS) is 11.2. The number of nitrogens with zero attached hydrogens (tertiary/aromatic N) is 1.